The number of aromatic nitrogens is 3. The first-order chi connectivity index (χ1) is 31.6. The molecule has 0 spiro atoms. The molecule has 0 amide bonds. The Balaban J connectivity index is 1.32. The summed E-state index contributed by atoms with van der Waals surface area (Å²) < 4.78 is 7.03. The molecule has 0 aliphatic carbocycles. The summed E-state index contributed by atoms with van der Waals surface area (Å²) in [5.41, 5.74) is 17.4. The second kappa shape index (κ2) is 16.8. The van der Waals surface area contributed by atoms with Gasteiger partial charge in [-0.3, -0.25) is 4.57 Å². The molecule has 0 saturated heterocycles. The Hall–Kier alpha value is -7.78. The van der Waals surface area contributed by atoms with Crippen LogP contribution in [0.1, 0.15) is 11.1 Å². The summed E-state index contributed by atoms with van der Waals surface area (Å²) in [6.07, 6.45) is 0. The molecule has 0 aliphatic heterocycles. The van der Waals surface area contributed by atoms with E-state index in [0.717, 1.165) is 81.1 Å². The van der Waals surface area contributed by atoms with Crippen LogP contribution in [0.15, 0.2) is 255 Å². The number of benzene rings is 8. The summed E-state index contributed by atoms with van der Waals surface area (Å²) in [6.45, 7) is 4.51. The number of amidine groups is 1. The highest BCUT2D eigenvalue weighted by atomic mass is 32.2. The minimum Gasteiger partial charge on any atom is -0.383 e. The molecule has 3 aromatic heterocycles. The van der Waals surface area contributed by atoms with Crippen molar-refractivity contribution < 1.29 is 0 Å². The number of aliphatic imine (C=N–C) groups is 2. The zero-order valence-electron chi connectivity index (χ0n) is 34.6. The Bertz CT molecular complexity index is 3540. The van der Waals surface area contributed by atoms with E-state index in [1.54, 1.807) is 23.5 Å². The van der Waals surface area contributed by atoms with Gasteiger partial charge in [0.1, 0.15) is 11.4 Å². The van der Waals surface area contributed by atoms with Gasteiger partial charge in [0.2, 0.25) is 5.96 Å². The zero-order valence-corrected chi connectivity index (χ0v) is 36.3. The van der Waals surface area contributed by atoms with Crippen molar-refractivity contribution in [2.75, 3.05) is 0 Å². The van der Waals surface area contributed by atoms with Gasteiger partial charge in [0.25, 0.3) is 0 Å². The van der Waals surface area contributed by atoms with Gasteiger partial charge >= 0.3 is 0 Å². The van der Waals surface area contributed by atoms with Gasteiger partial charge < -0.3 is 14.9 Å². The largest absolute Gasteiger partial charge is 0.383 e. The minimum absolute atomic E-state index is 0.344. The van der Waals surface area contributed by atoms with Crippen LogP contribution in [0.2, 0.25) is 0 Å². The molecule has 6 nitrogen and oxygen atoms in total. The van der Waals surface area contributed by atoms with Crippen LogP contribution in [0, 0.1) is 0 Å². The zero-order chi connectivity index (χ0) is 43.0. The summed E-state index contributed by atoms with van der Waals surface area (Å²) in [5, 5.41) is 2.17. The molecule has 0 fully saturated rings. The summed E-state index contributed by atoms with van der Waals surface area (Å²) in [7, 11) is 0. The summed E-state index contributed by atoms with van der Waals surface area (Å²) in [6, 6.07) is 75.8. The van der Waals surface area contributed by atoms with Gasteiger partial charge in [-0.2, -0.15) is 4.99 Å². The van der Waals surface area contributed by atoms with E-state index in [1.165, 1.54) is 4.90 Å². The lowest BCUT2D eigenvalue weighted by Gasteiger charge is -2.12. The number of hydrogen-bond donors (Lipinski definition) is 1. The highest BCUT2D eigenvalue weighted by molar-refractivity contribution is 7.99. The lowest BCUT2D eigenvalue weighted by atomic mass is 10.2. The monoisotopic (exact) mass is 860 g/mol. The molecule has 64 heavy (non-hydrogen) atoms. The highest BCUT2D eigenvalue weighted by Crippen LogP contribution is 2.47. The van der Waals surface area contributed by atoms with E-state index in [0.29, 0.717) is 17.5 Å². The molecule has 8 heteroatoms. The summed E-state index contributed by atoms with van der Waals surface area (Å²) >= 11 is 3.50. The first-order valence-electron chi connectivity index (χ1n) is 21.1. The molecule has 11 aromatic rings. The predicted octanol–water partition coefficient (Wildman–Crippen LogP) is 14.3. The first-order valence-corrected chi connectivity index (χ1v) is 22.7. The maximum Gasteiger partial charge on any atom is 0.237 e. The van der Waals surface area contributed by atoms with Crippen LogP contribution in [0.25, 0.3) is 60.9 Å². The van der Waals surface area contributed by atoms with Gasteiger partial charge in [-0.1, -0.05) is 164 Å². The van der Waals surface area contributed by atoms with E-state index < -0.39 is 0 Å². The van der Waals surface area contributed by atoms with Crippen LogP contribution in [0.3, 0.4) is 0 Å². The average Bonchev–Trinajstić information content (AvgIpc) is 3.98. The molecular formula is C56H40N6S2. The van der Waals surface area contributed by atoms with E-state index in [1.807, 2.05) is 60.7 Å². The average molecular weight is 861 g/mol. The maximum absolute atomic E-state index is 7.00. The fraction of sp³-hybridized carbons (Fsp3) is 0. The number of hydrogen-bond acceptors (Lipinski definition) is 3. The summed E-state index contributed by atoms with van der Waals surface area (Å²) in [4.78, 5) is 15.2. The molecule has 11 rings (SSSR count). The second-order valence-corrected chi connectivity index (χ2v) is 17.6. The van der Waals surface area contributed by atoms with Crippen molar-refractivity contribution in [2.45, 2.75) is 19.6 Å². The van der Waals surface area contributed by atoms with E-state index in [9.17, 15) is 0 Å². The van der Waals surface area contributed by atoms with Gasteiger partial charge in [0, 0.05) is 47.3 Å². The lowest BCUT2D eigenvalue weighted by Crippen LogP contribution is -2.19. The summed E-state index contributed by atoms with van der Waals surface area (Å²) in [5.74, 6) is 0.743. The maximum atomic E-state index is 7.00. The lowest BCUT2D eigenvalue weighted by molar-refractivity contribution is 1.16. The molecule has 0 atom stereocenters. The van der Waals surface area contributed by atoms with Crippen molar-refractivity contribution in [1.82, 2.24) is 13.7 Å². The number of nitrogens with two attached hydrogens (primary N) is 1. The van der Waals surface area contributed by atoms with Crippen molar-refractivity contribution in [3.05, 3.63) is 236 Å². The molecule has 2 N–H and O–H groups in total. The number of para-hydroxylation sites is 2. The third-order valence-corrected chi connectivity index (χ3v) is 13.3. The third kappa shape index (κ3) is 7.18. The molecular weight excluding hydrogens is 821 g/mol. The fourth-order valence-corrected chi connectivity index (χ4v) is 10.3. The molecule has 306 valence electrons. The van der Waals surface area contributed by atoms with Crippen LogP contribution >= 0.6 is 23.5 Å². The van der Waals surface area contributed by atoms with Crippen LogP contribution in [-0.2, 0) is 0 Å². The fourth-order valence-electron chi connectivity index (χ4n) is 8.49. The van der Waals surface area contributed by atoms with Crippen LogP contribution in [-0.4, -0.2) is 25.5 Å². The van der Waals surface area contributed by atoms with E-state index in [4.69, 9.17) is 15.7 Å². The van der Waals surface area contributed by atoms with Crippen molar-refractivity contribution in [2.24, 2.45) is 15.7 Å². The number of fused-ring (bicyclic) bond motifs is 7. The van der Waals surface area contributed by atoms with Crippen molar-refractivity contribution >= 4 is 84.9 Å². The minimum atomic E-state index is 0.344. The highest BCUT2D eigenvalue weighted by Gasteiger charge is 2.30. The standard InChI is InChI=1S/C56H40N6S2/c1-38(39-20-8-2-9-21-39)58-56(59-55(57)40-22-10-3-11-23-40)62-50-35-33-46(64-44-30-18-7-19-31-44)37-48(50)52-54(62)53-51(61(52)42-26-14-5-15-27-42)47-36-45(63-43-28-16-6-17-29-43)32-34-49(47)60(53)41-24-12-4-13-25-41/h2-37H,1H2,(H2,57,58,59). The van der Waals surface area contributed by atoms with Gasteiger partial charge in [-0.25, -0.2) is 4.99 Å². The van der Waals surface area contributed by atoms with Crippen LogP contribution in [0.5, 0.6) is 0 Å². The molecule has 0 saturated carbocycles. The Morgan fingerprint density at radius 3 is 1.39 bits per heavy atom. The van der Waals surface area contributed by atoms with Crippen molar-refractivity contribution in [3.8, 4) is 11.4 Å². The molecule has 3 heterocycles. The molecule has 8 aromatic carbocycles. The van der Waals surface area contributed by atoms with Crippen LogP contribution in [0.4, 0.5) is 0 Å². The Kier molecular flexibility index (Phi) is 10.3. The van der Waals surface area contributed by atoms with Crippen LogP contribution < -0.4 is 5.73 Å². The smallest absolute Gasteiger partial charge is 0.237 e. The first kappa shape index (κ1) is 39.1. The van der Waals surface area contributed by atoms with Gasteiger partial charge in [-0.05, 0) is 90.5 Å². The van der Waals surface area contributed by atoms with Crippen molar-refractivity contribution in [3.63, 3.8) is 0 Å². The number of nitrogens with zero attached hydrogens (tertiary/aromatic N) is 5. The SMILES string of the molecule is C=C(N=C(N=C(N)c1ccccc1)n1c2ccc(Sc3ccccc3)cc2c2c1c1c(c3cc(Sc4ccccc4)ccc3n1-c1ccccc1)n2-c1ccccc1)c1ccccc1. The van der Waals surface area contributed by atoms with Gasteiger partial charge in [0.05, 0.1) is 33.3 Å². The Labute approximate surface area is 379 Å². The van der Waals surface area contributed by atoms with Crippen molar-refractivity contribution in [1.29, 1.82) is 0 Å². The van der Waals surface area contributed by atoms with Gasteiger partial charge in [0.15, 0.2) is 0 Å². The molecule has 0 unspecified atom stereocenters. The quantitative estimate of drug-likeness (QED) is 0.116. The third-order valence-electron chi connectivity index (χ3n) is 11.3. The van der Waals surface area contributed by atoms with Gasteiger partial charge in [-0.15, -0.1) is 0 Å². The Morgan fingerprint density at radius 2 is 0.844 bits per heavy atom. The molecule has 0 bridgehead atoms. The number of rotatable bonds is 9. The van der Waals surface area contributed by atoms with E-state index in [2.05, 4.69) is 178 Å². The normalized spacial score (nSPS) is 12.2. The second-order valence-electron chi connectivity index (χ2n) is 15.3. The van der Waals surface area contributed by atoms with E-state index in [-0.39, 0.29) is 0 Å². The molecule has 0 radical (unpaired) electrons. The Morgan fingerprint density at radius 1 is 0.406 bits per heavy atom. The molecule has 0 aliphatic rings. The predicted molar refractivity (Wildman–Crippen MR) is 270 cm³/mol. The van der Waals surface area contributed by atoms with E-state index >= 15 is 0 Å². The topological polar surface area (TPSA) is 65.5 Å².